The van der Waals surface area contributed by atoms with Crippen LogP contribution in [0.5, 0.6) is 0 Å². The molecule has 0 saturated carbocycles. The third-order valence-corrected chi connectivity index (χ3v) is 3.58. The highest BCUT2D eigenvalue weighted by Crippen LogP contribution is 2.27. The average molecular weight is 212 g/mol. The van der Waals surface area contributed by atoms with E-state index in [-0.39, 0.29) is 5.41 Å². The second-order valence-corrected chi connectivity index (χ2v) is 5.41. The molecule has 0 aliphatic carbocycles. The molecule has 0 aromatic carbocycles. The number of fused-ring (bicyclic) bond motifs is 1. The highest BCUT2D eigenvalue weighted by atomic mass is 32.1. The van der Waals surface area contributed by atoms with Gasteiger partial charge in [0.2, 0.25) is 0 Å². The molecular weight excluding hydrogens is 200 g/mol. The van der Waals surface area contributed by atoms with E-state index in [0.29, 0.717) is 0 Å². The predicted molar refractivity (Wildman–Crippen MR) is 59.3 cm³/mol. The molecule has 0 saturated heterocycles. The van der Waals surface area contributed by atoms with Crippen LogP contribution in [-0.4, -0.2) is 16.5 Å². The fraction of sp³-hybridized carbons (Fsp3) is 0.556. The smallest absolute Gasteiger partial charge is 0.118 e. The van der Waals surface area contributed by atoms with Crippen molar-refractivity contribution >= 4 is 28.5 Å². The zero-order chi connectivity index (χ0) is 9.47. The van der Waals surface area contributed by atoms with Crippen LogP contribution in [0.1, 0.15) is 24.4 Å². The molecule has 0 amide bonds. The van der Waals surface area contributed by atoms with Gasteiger partial charge in [-0.25, -0.2) is 4.98 Å². The maximum Gasteiger partial charge on any atom is 0.118 e. The van der Waals surface area contributed by atoms with Crippen LogP contribution in [0.2, 0.25) is 0 Å². The number of thiazole rings is 1. The van der Waals surface area contributed by atoms with Gasteiger partial charge in [0.1, 0.15) is 4.99 Å². The highest BCUT2D eigenvalue weighted by molar-refractivity contribution is 7.81. The minimum atomic E-state index is 0.253. The van der Waals surface area contributed by atoms with Crippen molar-refractivity contribution in [3.63, 3.8) is 0 Å². The van der Waals surface area contributed by atoms with Crippen LogP contribution >= 0.6 is 23.6 Å². The van der Waals surface area contributed by atoms with Gasteiger partial charge in [-0.1, -0.05) is 26.1 Å². The summed E-state index contributed by atoms with van der Waals surface area (Å²) in [6, 6.07) is 0. The number of nitrogens with one attached hydrogen (secondary N) is 1. The Labute approximate surface area is 87.4 Å². The third-order valence-electron chi connectivity index (χ3n) is 2.22. The molecule has 2 heterocycles. The average Bonchev–Trinajstić information content (AvgIpc) is 2.44. The fourth-order valence-corrected chi connectivity index (χ4v) is 2.56. The molecule has 2 nitrogen and oxygen atoms in total. The number of hydrogen-bond donors (Lipinski definition) is 1. The Balaban J connectivity index is 2.41. The molecule has 1 N–H and O–H groups in total. The summed E-state index contributed by atoms with van der Waals surface area (Å²) < 4.78 is 0. The van der Waals surface area contributed by atoms with Crippen molar-refractivity contribution in [3.8, 4) is 0 Å². The van der Waals surface area contributed by atoms with Crippen molar-refractivity contribution in [1.29, 1.82) is 0 Å². The molecule has 2 rings (SSSR count). The maximum atomic E-state index is 5.26. The van der Waals surface area contributed by atoms with Gasteiger partial charge in [-0.3, -0.25) is 0 Å². The first-order valence-corrected chi connectivity index (χ1v) is 5.58. The van der Waals surface area contributed by atoms with Crippen molar-refractivity contribution in [3.05, 3.63) is 16.1 Å². The van der Waals surface area contributed by atoms with Gasteiger partial charge >= 0.3 is 0 Å². The van der Waals surface area contributed by atoms with Gasteiger partial charge in [-0.2, -0.15) is 0 Å². The lowest BCUT2D eigenvalue weighted by Gasteiger charge is -2.21. The first kappa shape index (κ1) is 9.09. The van der Waals surface area contributed by atoms with Gasteiger partial charge in [0.25, 0.3) is 0 Å². The molecule has 0 radical (unpaired) electrons. The van der Waals surface area contributed by atoms with Crippen molar-refractivity contribution in [2.75, 3.05) is 6.54 Å². The van der Waals surface area contributed by atoms with Crippen molar-refractivity contribution in [2.24, 2.45) is 5.41 Å². The molecule has 4 heteroatoms. The van der Waals surface area contributed by atoms with E-state index in [1.807, 2.05) is 5.51 Å². The quantitative estimate of drug-likeness (QED) is 0.666. The summed E-state index contributed by atoms with van der Waals surface area (Å²) in [4.78, 5) is 6.37. The largest absolute Gasteiger partial charge is 0.375 e. The van der Waals surface area contributed by atoms with Crippen LogP contribution < -0.4 is 5.32 Å². The van der Waals surface area contributed by atoms with E-state index >= 15 is 0 Å². The number of hydrogen-bond acceptors (Lipinski definition) is 3. The van der Waals surface area contributed by atoms with E-state index in [9.17, 15) is 0 Å². The van der Waals surface area contributed by atoms with E-state index in [1.54, 1.807) is 11.3 Å². The Kier molecular flexibility index (Phi) is 2.12. The van der Waals surface area contributed by atoms with E-state index in [0.717, 1.165) is 28.5 Å². The lowest BCUT2D eigenvalue weighted by Crippen LogP contribution is -2.31. The Morgan fingerprint density at radius 2 is 2.38 bits per heavy atom. The molecule has 0 spiro atoms. The summed E-state index contributed by atoms with van der Waals surface area (Å²) in [6.07, 6.45) is 1.01. The van der Waals surface area contributed by atoms with Crippen molar-refractivity contribution in [2.45, 2.75) is 20.3 Å². The van der Waals surface area contributed by atoms with Crippen LogP contribution in [0.25, 0.3) is 0 Å². The molecule has 13 heavy (non-hydrogen) atoms. The SMILES string of the molecule is CC1(C)CNC(=S)c2scnc2C1. The second-order valence-electron chi connectivity index (χ2n) is 4.15. The van der Waals surface area contributed by atoms with Crippen LogP contribution in [0.3, 0.4) is 0 Å². The van der Waals surface area contributed by atoms with Gasteiger partial charge in [-0.05, 0) is 11.8 Å². The number of aromatic nitrogens is 1. The summed E-state index contributed by atoms with van der Waals surface area (Å²) in [7, 11) is 0. The summed E-state index contributed by atoms with van der Waals surface area (Å²) in [6.45, 7) is 5.41. The number of rotatable bonds is 0. The van der Waals surface area contributed by atoms with E-state index in [1.165, 1.54) is 0 Å². The highest BCUT2D eigenvalue weighted by Gasteiger charge is 2.26. The topological polar surface area (TPSA) is 24.9 Å². The molecule has 70 valence electrons. The summed E-state index contributed by atoms with van der Waals surface area (Å²) in [5.74, 6) is 0. The molecule has 0 unspecified atom stereocenters. The number of thiocarbonyl (C=S) groups is 1. The molecule has 0 bridgehead atoms. The Bertz CT molecular complexity index is 341. The van der Waals surface area contributed by atoms with Gasteiger partial charge < -0.3 is 5.32 Å². The first-order chi connectivity index (χ1) is 6.08. The van der Waals surface area contributed by atoms with Crippen LogP contribution in [0, 0.1) is 5.41 Å². The molecule has 0 atom stereocenters. The minimum Gasteiger partial charge on any atom is -0.375 e. The minimum absolute atomic E-state index is 0.253. The molecule has 1 aromatic rings. The monoisotopic (exact) mass is 212 g/mol. The van der Waals surface area contributed by atoms with E-state index in [2.05, 4.69) is 24.1 Å². The standard InChI is InChI=1S/C9H12N2S2/c1-9(2)3-6-7(13-5-11-6)8(12)10-4-9/h5H,3-4H2,1-2H3,(H,10,12). The van der Waals surface area contributed by atoms with Gasteiger partial charge in [0, 0.05) is 6.54 Å². The maximum absolute atomic E-state index is 5.26. The van der Waals surface area contributed by atoms with Gasteiger partial charge in [-0.15, -0.1) is 11.3 Å². The van der Waals surface area contributed by atoms with Crippen molar-refractivity contribution < 1.29 is 0 Å². The Morgan fingerprint density at radius 1 is 1.62 bits per heavy atom. The molecular formula is C9H12N2S2. The molecule has 1 aliphatic rings. The Hall–Kier alpha value is -0.480. The lowest BCUT2D eigenvalue weighted by molar-refractivity contribution is 0.363. The van der Waals surface area contributed by atoms with E-state index in [4.69, 9.17) is 12.2 Å². The van der Waals surface area contributed by atoms with Gasteiger partial charge in [0.15, 0.2) is 0 Å². The molecule has 0 fully saturated rings. The zero-order valence-electron chi connectivity index (χ0n) is 7.76. The summed E-state index contributed by atoms with van der Waals surface area (Å²) in [5.41, 5.74) is 3.29. The van der Waals surface area contributed by atoms with Crippen LogP contribution in [0.15, 0.2) is 5.51 Å². The number of nitrogens with zero attached hydrogens (tertiary/aromatic N) is 1. The van der Waals surface area contributed by atoms with E-state index < -0.39 is 0 Å². The van der Waals surface area contributed by atoms with Gasteiger partial charge in [0.05, 0.1) is 16.1 Å². The fourth-order valence-electron chi connectivity index (χ4n) is 1.50. The summed E-state index contributed by atoms with van der Waals surface area (Å²) >= 11 is 6.90. The Morgan fingerprint density at radius 3 is 3.15 bits per heavy atom. The third kappa shape index (κ3) is 1.74. The van der Waals surface area contributed by atoms with Crippen LogP contribution in [-0.2, 0) is 6.42 Å². The molecule has 1 aliphatic heterocycles. The second kappa shape index (κ2) is 3.03. The molecule has 1 aromatic heterocycles. The predicted octanol–water partition coefficient (Wildman–Crippen LogP) is 1.99. The van der Waals surface area contributed by atoms with Crippen molar-refractivity contribution in [1.82, 2.24) is 10.3 Å². The lowest BCUT2D eigenvalue weighted by atomic mass is 9.88. The van der Waals surface area contributed by atoms with Crippen LogP contribution in [0.4, 0.5) is 0 Å². The summed E-state index contributed by atoms with van der Waals surface area (Å²) in [5, 5.41) is 3.28. The normalized spacial score (nSPS) is 20.3. The first-order valence-electron chi connectivity index (χ1n) is 4.29. The zero-order valence-corrected chi connectivity index (χ0v) is 9.39.